The molecule has 0 amide bonds. The molecule has 1 aliphatic heterocycles. The van der Waals surface area contributed by atoms with Crippen LogP contribution < -0.4 is 10.6 Å². The van der Waals surface area contributed by atoms with E-state index in [0.29, 0.717) is 5.82 Å². The molecule has 3 nitrogen and oxygen atoms in total. The van der Waals surface area contributed by atoms with Gasteiger partial charge in [0.2, 0.25) is 0 Å². The number of hydrogen-bond acceptors (Lipinski definition) is 4. The fraction of sp³-hybridized carbons (Fsp3) is 0.438. The average Bonchev–Trinajstić information content (AvgIpc) is 2.71. The van der Waals surface area contributed by atoms with E-state index in [4.69, 9.17) is 5.73 Å². The summed E-state index contributed by atoms with van der Waals surface area (Å²) >= 11 is 1.54. The van der Waals surface area contributed by atoms with Gasteiger partial charge in [-0.3, -0.25) is 0 Å². The van der Waals surface area contributed by atoms with E-state index in [1.807, 2.05) is 6.07 Å². The number of aromatic nitrogens is 1. The third kappa shape index (κ3) is 2.66. The summed E-state index contributed by atoms with van der Waals surface area (Å²) < 4.78 is 4.40. The molecule has 1 saturated heterocycles. The highest BCUT2D eigenvalue weighted by molar-refractivity contribution is 7.11. The molecular weight excluding hydrogens is 266 g/mol. The van der Waals surface area contributed by atoms with Crippen molar-refractivity contribution in [2.45, 2.75) is 26.2 Å². The summed E-state index contributed by atoms with van der Waals surface area (Å²) in [6.07, 6.45) is 3.84. The summed E-state index contributed by atoms with van der Waals surface area (Å²) in [4.78, 5) is 2.47. The molecule has 1 aromatic heterocycles. The molecule has 0 aliphatic carbocycles. The first-order valence-electron chi connectivity index (χ1n) is 7.31. The molecular formula is C16H21N3S. The highest BCUT2D eigenvalue weighted by Gasteiger charge is 2.21. The molecule has 1 aliphatic rings. The second-order valence-corrected chi connectivity index (χ2v) is 6.39. The highest BCUT2D eigenvalue weighted by Crippen LogP contribution is 2.40. The molecule has 2 aromatic rings. The zero-order valence-corrected chi connectivity index (χ0v) is 12.7. The molecule has 20 heavy (non-hydrogen) atoms. The van der Waals surface area contributed by atoms with Crippen molar-refractivity contribution >= 4 is 22.4 Å². The quantitative estimate of drug-likeness (QED) is 0.907. The maximum atomic E-state index is 6.12. The molecule has 0 bridgehead atoms. The minimum atomic E-state index is 0.661. The summed E-state index contributed by atoms with van der Waals surface area (Å²) in [5.74, 6) is 1.49. The van der Waals surface area contributed by atoms with E-state index < -0.39 is 0 Å². The monoisotopic (exact) mass is 287 g/mol. The minimum absolute atomic E-state index is 0.661. The van der Waals surface area contributed by atoms with Crippen LogP contribution in [0.25, 0.3) is 11.1 Å². The van der Waals surface area contributed by atoms with Crippen molar-refractivity contribution in [2.24, 2.45) is 5.92 Å². The molecule has 0 saturated carbocycles. The average molecular weight is 287 g/mol. The lowest BCUT2D eigenvalue weighted by atomic mass is 10.0. The van der Waals surface area contributed by atoms with Gasteiger partial charge in [0.15, 0.2) is 0 Å². The Morgan fingerprint density at radius 3 is 2.80 bits per heavy atom. The SMILES string of the molecule is CC1CCCN(c2snc(N)c2-c2ccccc2)CC1. The maximum Gasteiger partial charge on any atom is 0.147 e. The van der Waals surface area contributed by atoms with E-state index in [9.17, 15) is 0 Å². The molecule has 4 heteroatoms. The number of rotatable bonds is 2. The smallest absolute Gasteiger partial charge is 0.147 e. The van der Waals surface area contributed by atoms with Crippen LogP contribution in [-0.4, -0.2) is 17.5 Å². The van der Waals surface area contributed by atoms with Crippen molar-refractivity contribution in [3.05, 3.63) is 30.3 Å². The molecule has 1 fully saturated rings. The second kappa shape index (κ2) is 5.83. The van der Waals surface area contributed by atoms with Crippen LogP contribution in [-0.2, 0) is 0 Å². The number of nitrogens with two attached hydrogens (primary N) is 1. The number of nitrogen functional groups attached to an aromatic ring is 1. The van der Waals surface area contributed by atoms with Gasteiger partial charge in [0, 0.05) is 13.1 Å². The molecule has 2 N–H and O–H groups in total. The van der Waals surface area contributed by atoms with Crippen LogP contribution in [0.4, 0.5) is 10.8 Å². The van der Waals surface area contributed by atoms with Crippen LogP contribution in [0, 0.1) is 5.92 Å². The summed E-state index contributed by atoms with van der Waals surface area (Å²) in [6.45, 7) is 4.58. The molecule has 0 radical (unpaired) electrons. The second-order valence-electron chi connectivity index (χ2n) is 5.64. The molecule has 106 valence electrons. The Bertz CT molecular complexity index is 564. The number of hydrogen-bond donors (Lipinski definition) is 1. The van der Waals surface area contributed by atoms with E-state index in [1.54, 1.807) is 0 Å². The fourth-order valence-corrected chi connectivity index (χ4v) is 3.74. The van der Waals surface area contributed by atoms with Gasteiger partial charge >= 0.3 is 0 Å². The molecule has 0 spiro atoms. The Labute approximate surface area is 124 Å². The number of nitrogens with zero attached hydrogens (tertiary/aromatic N) is 2. The van der Waals surface area contributed by atoms with Crippen LogP contribution in [0.5, 0.6) is 0 Å². The van der Waals surface area contributed by atoms with Gasteiger partial charge in [-0.15, -0.1) is 0 Å². The highest BCUT2D eigenvalue weighted by atomic mass is 32.1. The summed E-state index contributed by atoms with van der Waals surface area (Å²) in [5.41, 5.74) is 8.41. The zero-order chi connectivity index (χ0) is 13.9. The number of benzene rings is 1. The van der Waals surface area contributed by atoms with E-state index in [1.165, 1.54) is 41.4 Å². The third-order valence-corrected chi connectivity index (χ3v) is 4.99. The first-order valence-corrected chi connectivity index (χ1v) is 8.08. The van der Waals surface area contributed by atoms with Gasteiger partial charge in [-0.05, 0) is 42.3 Å². The molecule has 1 unspecified atom stereocenters. The first-order chi connectivity index (χ1) is 9.75. The van der Waals surface area contributed by atoms with Gasteiger partial charge in [0.05, 0.1) is 5.56 Å². The van der Waals surface area contributed by atoms with Crippen molar-refractivity contribution < 1.29 is 0 Å². The van der Waals surface area contributed by atoms with Crippen molar-refractivity contribution in [3.8, 4) is 11.1 Å². The third-order valence-electron chi connectivity index (χ3n) is 4.07. The van der Waals surface area contributed by atoms with Gasteiger partial charge in [-0.1, -0.05) is 37.3 Å². The van der Waals surface area contributed by atoms with Crippen molar-refractivity contribution in [1.29, 1.82) is 0 Å². The van der Waals surface area contributed by atoms with E-state index >= 15 is 0 Å². The van der Waals surface area contributed by atoms with Crippen molar-refractivity contribution in [2.75, 3.05) is 23.7 Å². The largest absolute Gasteiger partial charge is 0.382 e. The molecule has 1 atom stereocenters. The zero-order valence-electron chi connectivity index (χ0n) is 11.9. The van der Waals surface area contributed by atoms with E-state index in [0.717, 1.165) is 24.6 Å². The Balaban J connectivity index is 1.94. The van der Waals surface area contributed by atoms with Crippen LogP contribution >= 0.6 is 11.5 Å². The Kier molecular flexibility index (Phi) is 3.92. The molecule has 3 rings (SSSR count). The lowest BCUT2D eigenvalue weighted by molar-refractivity contribution is 0.521. The van der Waals surface area contributed by atoms with Gasteiger partial charge in [-0.2, -0.15) is 4.37 Å². The predicted molar refractivity (Wildman–Crippen MR) is 87.2 cm³/mol. The standard InChI is InChI=1S/C16H21N3S/c1-12-6-5-10-19(11-9-12)16-14(15(17)18-20-16)13-7-3-2-4-8-13/h2-4,7-8,12H,5-6,9-11H2,1H3,(H2,17,18). The van der Waals surface area contributed by atoms with E-state index in [-0.39, 0.29) is 0 Å². The molecule has 2 heterocycles. The Morgan fingerprint density at radius 1 is 1.20 bits per heavy atom. The van der Waals surface area contributed by atoms with Gasteiger partial charge in [0.25, 0.3) is 0 Å². The van der Waals surface area contributed by atoms with Crippen molar-refractivity contribution in [3.63, 3.8) is 0 Å². The maximum absolute atomic E-state index is 6.12. The summed E-state index contributed by atoms with van der Waals surface area (Å²) in [5, 5.41) is 1.24. The Hall–Kier alpha value is -1.55. The topological polar surface area (TPSA) is 42.2 Å². The van der Waals surface area contributed by atoms with Crippen LogP contribution in [0.2, 0.25) is 0 Å². The fourth-order valence-electron chi connectivity index (χ4n) is 2.85. The Morgan fingerprint density at radius 2 is 2.00 bits per heavy atom. The van der Waals surface area contributed by atoms with E-state index in [2.05, 4.69) is 40.5 Å². The van der Waals surface area contributed by atoms with Crippen LogP contribution in [0.1, 0.15) is 26.2 Å². The van der Waals surface area contributed by atoms with Crippen LogP contribution in [0.3, 0.4) is 0 Å². The van der Waals surface area contributed by atoms with Gasteiger partial charge in [-0.25, -0.2) is 0 Å². The predicted octanol–water partition coefficient (Wildman–Crippen LogP) is 4.02. The minimum Gasteiger partial charge on any atom is -0.382 e. The van der Waals surface area contributed by atoms with Crippen LogP contribution in [0.15, 0.2) is 30.3 Å². The van der Waals surface area contributed by atoms with Gasteiger partial charge < -0.3 is 10.6 Å². The normalized spacial score (nSPS) is 19.9. The lowest BCUT2D eigenvalue weighted by Gasteiger charge is -2.22. The number of anilines is 2. The molecule has 1 aromatic carbocycles. The first kappa shape index (κ1) is 13.4. The summed E-state index contributed by atoms with van der Waals surface area (Å²) in [6, 6.07) is 10.4. The lowest BCUT2D eigenvalue weighted by Crippen LogP contribution is -2.23. The van der Waals surface area contributed by atoms with Crippen molar-refractivity contribution in [1.82, 2.24) is 4.37 Å². The van der Waals surface area contributed by atoms with Gasteiger partial charge in [0.1, 0.15) is 10.8 Å². The summed E-state index contributed by atoms with van der Waals surface area (Å²) in [7, 11) is 0.